The van der Waals surface area contributed by atoms with Crippen LogP contribution < -0.4 is 0 Å². The van der Waals surface area contributed by atoms with Gasteiger partial charge in [-0.05, 0) is 18.2 Å². The number of nitrogens with zero attached hydrogens (tertiary/aromatic N) is 4. The fourth-order valence-electron chi connectivity index (χ4n) is 1.37. The van der Waals surface area contributed by atoms with E-state index in [9.17, 15) is 4.79 Å². The number of carboxylic acid groups (broad SMARTS) is 1. The third-order valence-corrected chi connectivity index (χ3v) is 3.43. The van der Waals surface area contributed by atoms with Crippen LogP contribution in [0.4, 0.5) is 0 Å². The second-order valence-corrected chi connectivity index (χ2v) is 4.79. The molecular weight excluding hydrogens is 288 g/mol. The molecule has 19 heavy (non-hydrogen) atoms. The number of rotatable bonds is 4. The number of thioether (sulfide) groups is 1. The van der Waals surface area contributed by atoms with Crippen LogP contribution in [0.1, 0.15) is 5.56 Å². The number of benzene rings is 1. The Bertz CT molecular complexity index is 665. The molecule has 0 bridgehead atoms. The molecule has 1 aromatic heterocycles. The van der Waals surface area contributed by atoms with Crippen LogP contribution in [-0.4, -0.2) is 31.6 Å². The number of nitriles is 1. The van der Waals surface area contributed by atoms with E-state index in [2.05, 4.69) is 10.2 Å². The first-order valence-corrected chi connectivity index (χ1v) is 6.43. The van der Waals surface area contributed by atoms with E-state index in [1.54, 1.807) is 22.8 Å². The maximum atomic E-state index is 10.5. The monoisotopic (exact) mass is 294 g/mol. The standard InChI is InChI=1S/C11H7ClN4O2S/c12-9-3-8(2-1-7(9)4-13)16-6-14-15-11(16)19-5-10(17)18/h1-3,6H,5H2,(H,17,18). The zero-order valence-corrected chi connectivity index (χ0v) is 11.0. The van der Waals surface area contributed by atoms with Crippen molar-refractivity contribution in [3.63, 3.8) is 0 Å². The van der Waals surface area contributed by atoms with Gasteiger partial charge in [0, 0.05) is 0 Å². The smallest absolute Gasteiger partial charge is 0.313 e. The van der Waals surface area contributed by atoms with Crippen LogP contribution in [0.2, 0.25) is 5.02 Å². The number of halogens is 1. The molecule has 0 radical (unpaired) electrons. The van der Waals surface area contributed by atoms with E-state index in [4.69, 9.17) is 22.0 Å². The van der Waals surface area contributed by atoms with Crippen LogP contribution in [0.3, 0.4) is 0 Å². The van der Waals surface area contributed by atoms with Crippen LogP contribution in [-0.2, 0) is 4.79 Å². The lowest BCUT2D eigenvalue weighted by Crippen LogP contribution is -2.01. The lowest BCUT2D eigenvalue weighted by Gasteiger charge is -2.06. The molecule has 0 saturated heterocycles. The van der Waals surface area contributed by atoms with Gasteiger partial charge in [0.2, 0.25) is 0 Å². The summed E-state index contributed by atoms with van der Waals surface area (Å²) in [5.41, 5.74) is 1.04. The van der Waals surface area contributed by atoms with Gasteiger partial charge in [-0.25, -0.2) is 0 Å². The van der Waals surface area contributed by atoms with E-state index in [1.165, 1.54) is 6.33 Å². The molecule has 2 rings (SSSR count). The van der Waals surface area contributed by atoms with Crippen molar-refractivity contribution in [1.82, 2.24) is 14.8 Å². The molecule has 0 aliphatic carbocycles. The predicted molar refractivity (Wildman–Crippen MR) is 69.4 cm³/mol. The molecule has 96 valence electrons. The van der Waals surface area contributed by atoms with E-state index >= 15 is 0 Å². The van der Waals surface area contributed by atoms with Crippen molar-refractivity contribution >= 4 is 29.3 Å². The highest BCUT2D eigenvalue weighted by Crippen LogP contribution is 2.23. The lowest BCUT2D eigenvalue weighted by atomic mass is 10.2. The quantitative estimate of drug-likeness (QED) is 0.867. The van der Waals surface area contributed by atoms with Crippen molar-refractivity contribution in [1.29, 1.82) is 5.26 Å². The first-order chi connectivity index (χ1) is 9.11. The van der Waals surface area contributed by atoms with E-state index in [0.717, 1.165) is 11.8 Å². The Hall–Kier alpha value is -2.04. The normalized spacial score (nSPS) is 10.1. The zero-order chi connectivity index (χ0) is 13.8. The molecule has 0 amide bonds. The van der Waals surface area contributed by atoms with Gasteiger partial charge in [-0.2, -0.15) is 5.26 Å². The zero-order valence-electron chi connectivity index (χ0n) is 9.45. The highest BCUT2D eigenvalue weighted by atomic mass is 35.5. The van der Waals surface area contributed by atoms with Gasteiger partial charge in [0.05, 0.1) is 22.0 Å². The molecule has 0 fully saturated rings. The maximum Gasteiger partial charge on any atom is 0.313 e. The minimum Gasteiger partial charge on any atom is -0.481 e. The van der Waals surface area contributed by atoms with Gasteiger partial charge in [-0.3, -0.25) is 9.36 Å². The highest BCUT2D eigenvalue weighted by Gasteiger charge is 2.10. The molecule has 0 aliphatic heterocycles. The van der Waals surface area contributed by atoms with Crippen LogP contribution >= 0.6 is 23.4 Å². The fourth-order valence-corrected chi connectivity index (χ4v) is 2.24. The van der Waals surface area contributed by atoms with Gasteiger partial charge in [0.1, 0.15) is 12.4 Å². The van der Waals surface area contributed by atoms with Crippen LogP contribution in [0.25, 0.3) is 5.69 Å². The summed E-state index contributed by atoms with van der Waals surface area (Å²) in [6, 6.07) is 6.85. The maximum absolute atomic E-state index is 10.5. The average molecular weight is 295 g/mol. The molecule has 2 aromatic rings. The summed E-state index contributed by atoms with van der Waals surface area (Å²) in [5.74, 6) is -1.04. The van der Waals surface area contributed by atoms with Crippen molar-refractivity contribution < 1.29 is 9.90 Å². The first kappa shape index (κ1) is 13.4. The summed E-state index contributed by atoms with van der Waals surface area (Å²) >= 11 is 7.00. The lowest BCUT2D eigenvalue weighted by molar-refractivity contribution is -0.133. The summed E-state index contributed by atoms with van der Waals surface area (Å²) in [4.78, 5) is 10.5. The summed E-state index contributed by atoms with van der Waals surface area (Å²) in [5, 5.41) is 25.8. The molecule has 0 atom stereocenters. The van der Waals surface area contributed by atoms with E-state index < -0.39 is 5.97 Å². The number of aromatic nitrogens is 3. The summed E-state index contributed by atoms with van der Waals surface area (Å²) in [6.07, 6.45) is 1.46. The first-order valence-electron chi connectivity index (χ1n) is 5.06. The largest absolute Gasteiger partial charge is 0.481 e. The molecule has 0 spiro atoms. The van der Waals surface area contributed by atoms with Crippen molar-refractivity contribution in [2.75, 3.05) is 5.75 Å². The molecule has 6 nitrogen and oxygen atoms in total. The number of carbonyl (C=O) groups is 1. The third-order valence-electron chi connectivity index (χ3n) is 2.19. The highest BCUT2D eigenvalue weighted by molar-refractivity contribution is 7.99. The third kappa shape index (κ3) is 3.05. The fraction of sp³-hybridized carbons (Fsp3) is 0.0909. The van der Waals surface area contributed by atoms with Crippen LogP contribution in [0.15, 0.2) is 29.7 Å². The molecule has 0 aliphatic rings. The Balaban J connectivity index is 2.32. The Morgan fingerprint density at radius 3 is 3.00 bits per heavy atom. The van der Waals surface area contributed by atoms with Crippen LogP contribution in [0, 0.1) is 11.3 Å². The number of hydrogen-bond acceptors (Lipinski definition) is 5. The molecule has 0 unspecified atom stereocenters. The van der Waals surface area contributed by atoms with E-state index in [-0.39, 0.29) is 5.75 Å². The van der Waals surface area contributed by atoms with E-state index in [0.29, 0.717) is 21.4 Å². The average Bonchev–Trinajstić information content (AvgIpc) is 2.84. The Morgan fingerprint density at radius 1 is 1.58 bits per heavy atom. The number of carboxylic acids is 1. The van der Waals surface area contributed by atoms with Gasteiger partial charge in [-0.1, -0.05) is 23.4 Å². The Morgan fingerprint density at radius 2 is 2.37 bits per heavy atom. The van der Waals surface area contributed by atoms with Gasteiger partial charge in [0.15, 0.2) is 5.16 Å². The van der Waals surface area contributed by atoms with Gasteiger partial charge >= 0.3 is 5.97 Å². The van der Waals surface area contributed by atoms with E-state index in [1.807, 2.05) is 6.07 Å². The summed E-state index contributed by atoms with van der Waals surface area (Å²) in [7, 11) is 0. The molecular formula is C11H7ClN4O2S. The minimum absolute atomic E-state index is 0.108. The molecule has 0 saturated carbocycles. The van der Waals surface area contributed by atoms with Gasteiger partial charge in [-0.15, -0.1) is 10.2 Å². The minimum atomic E-state index is -0.933. The second-order valence-electron chi connectivity index (χ2n) is 3.44. The number of hydrogen-bond donors (Lipinski definition) is 1. The topological polar surface area (TPSA) is 91.8 Å². The van der Waals surface area contributed by atoms with Crippen molar-refractivity contribution in [2.45, 2.75) is 5.16 Å². The SMILES string of the molecule is N#Cc1ccc(-n2cnnc2SCC(=O)O)cc1Cl. The van der Waals surface area contributed by atoms with Gasteiger partial charge in [0.25, 0.3) is 0 Å². The summed E-state index contributed by atoms with van der Waals surface area (Å²) in [6.45, 7) is 0. The van der Waals surface area contributed by atoms with Crippen molar-refractivity contribution in [3.05, 3.63) is 35.1 Å². The predicted octanol–water partition coefficient (Wildman–Crippen LogP) is 1.97. The van der Waals surface area contributed by atoms with Gasteiger partial charge < -0.3 is 5.11 Å². The molecule has 1 aromatic carbocycles. The van der Waals surface area contributed by atoms with Crippen LogP contribution in [0.5, 0.6) is 0 Å². The molecule has 8 heteroatoms. The molecule has 1 N–H and O–H groups in total. The molecule has 1 heterocycles. The Labute approximate surface area is 117 Å². The Kier molecular flexibility index (Phi) is 4.04. The van der Waals surface area contributed by atoms with Crippen molar-refractivity contribution in [2.24, 2.45) is 0 Å². The number of aliphatic carboxylic acids is 1. The van der Waals surface area contributed by atoms with Crippen molar-refractivity contribution in [3.8, 4) is 11.8 Å². The second kappa shape index (κ2) is 5.73. The summed E-state index contributed by atoms with van der Waals surface area (Å²) < 4.78 is 1.61.